The van der Waals surface area contributed by atoms with Gasteiger partial charge < -0.3 is 5.32 Å². The Morgan fingerprint density at radius 3 is 2.64 bits per heavy atom. The summed E-state index contributed by atoms with van der Waals surface area (Å²) in [6.45, 7) is 1.62. The van der Waals surface area contributed by atoms with Gasteiger partial charge in [-0.25, -0.2) is 21.9 Å². The van der Waals surface area contributed by atoms with Gasteiger partial charge in [0.1, 0.15) is 16.6 Å². The van der Waals surface area contributed by atoms with Crippen molar-refractivity contribution in [2.45, 2.75) is 18.4 Å². The fourth-order valence-electron chi connectivity index (χ4n) is 2.21. The van der Waals surface area contributed by atoms with Crippen molar-refractivity contribution in [3.8, 4) is 0 Å². The number of anilines is 1. The van der Waals surface area contributed by atoms with Gasteiger partial charge in [-0.15, -0.1) is 10.2 Å². The molecule has 11 heteroatoms. The largest absolute Gasteiger partial charge is 0.317 e. The van der Waals surface area contributed by atoms with Crippen LogP contribution in [0.5, 0.6) is 0 Å². The van der Waals surface area contributed by atoms with Crippen LogP contribution in [-0.4, -0.2) is 24.5 Å². The van der Waals surface area contributed by atoms with Gasteiger partial charge in [-0.1, -0.05) is 23.5 Å². The molecule has 0 fully saturated rings. The molecule has 2 N–H and O–H groups in total. The molecule has 0 bridgehead atoms. The SMILES string of the molecule is Cc1cccc(S(=O)(=O)NCc2nnc(C(=O)Nc3ccc(F)cc3F)s2)c1. The van der Waals surface area contributed by atoms with Crippen molar-refractivity contribution in [3.05, 3.63) is 69.7 Å². The van der Waals surface area contributed by atoms with Crippen LogP contribution in [0, 0.1) is 18.6 Å². The number of aryl methyl sites for hydroxylation is 1. The summed E-state index contributed by atoms with van der Waals surface area (Å²) in [7, 11) is -3.75. The summed E-state index contributed by atoms with van der Waals surface area (Å²) in [5, 5.41) is 9.85. The lowest BCUT2D eigenvalue weighted by Crippen LogP contribution is -2.23. The zero-order valence-electron chi connectivity index (χ0n) is 14.4. The van der Waals surface area contributed by atoms with Crippen molar-refractivity contribution in [1.82, 2.24) is 14.9 Å². The van der Waals surface area contributed by atoms with Gasteiger partial charge in [0, 0.05) is 6.07 Å². The van der Waals surface area contributed by atoms with Gasteiger partial charge in [-0.2, -0.15) is 0 Å². The number of benzene rings is 2. The van der Waals surface area contributed by atoms with Gasteiger partial charge in [0.05, 0.1) is 17.1 Å². The maximum Gasteiger partial charge on any atom is 0.286 e. The molecule has 7 nitrogen and oxygen atoms in total. The Morgan fingerprint density at radius 1 is 1.14 bits per heavy atom. The number of sulfonamides is 1. The highest BCUT2D eigenvalue weighted by molar-refractivity contribution is 7.89. The van der Waals surface area contributed by atoms with Crippen LogP contribution >= 0.6 is 11.3 Å². The summed E-state index contributed by atoms with van der Waals surface area (Å²) in [6, 6.07) is 9.13. The Bertz CT molecular complexity index is 1130. The first-order valence-corrected chi connectivity index (χ1v) is 10.2. The normalized spacial score (nSPS) is 11.4. The Morgan fingerprint density at radius 2 is 1.93 bits per heavy atom. The number of nitrogens with one attached hydrogen (secondary N) is 2. The minimum atomic E-state index is -3.75. The maximum atomic E-state index is 13.6. The van der Waals surface area contributed by atoms with Crippen LogP contribution < -0.4 is 10.0 Å². The van der Waals surface area contributed by atoms with Gasteiger partial charge in [0.2, 0.25) is 15.0 Å². The Balaban J connectivity index is 1.66. The van der Waals surface area contributed by atoms with E-state index >= 15 is 0 Å². The number of aromatic nitrogens is 2. The van der Waals surface area contributed by atoms with Crippen LogP contribution in [0.3, 0.4) is 0 Å². The predicted octanol–water partition coefficient (Wildman–Crippen LogP) is 2.86. The lowest BCUT2D eigenvalue weighted by atomic mass is 10.2. The van der Waals surface area contributed by atoms with E-state index in [0.29, 0.717) is 6.07 Å². The molecule has 0 aliphatic carbocycles. The molecule has 0 unspecified atom stereocenters. The zero-order chi connectivity index (χ0) is 20.3. The number of nitrogens with zero attached hydrogens (tertiary/aromatic N) is 2. The lowest BCUT2D eigenvalue weighted by Gasteiger charge is -2.05. The Labute approximate surface area is 163 Å². The minimum absolute atomic E-state index is 0.0894. The van der Waals surface area contributed by atoms with Crippen LogP contribution in [0.4, 0.5) is 14.5 Å². The van der Waals surface area contributed by atoms with Crippen LogP contribution in [0.25, 0.3) is 0 Å². The molecule has 0 saturated carbocycles. The third-order valence-electron chi connectivity index (χ3n) is 3.55. The van der Waals surface area contributed by atoms with E-state index in [4.69, 9.17) is 0 Å². The highest BCUT2D eigenvalue weighted by Crippen LogP contribution is 2.18. The van der Waals surface area contributed by atoms with E-state index in [2.05, 4.69) is 20.2 Å². The van der Waals surface area contributed by atoms with Crippen molar-refractivity contribution in [3.63, 3.8) is 0 Å². The summed E-state index contributed by atoms with van der Waals surface area (Å²) in [5.74, 6) is -2.44. The molecule has 28 heavy (non-hydrogen) atoms. The number of hydrogen-bond donors (Lipinski definition) is 2. The lowest BCUT2D eigenvalue weighted by molar-refractivity contribution is 0.102. The average Bonchev–Trinajstić information content (AvgIpc) is 3.12. The highest BCUT2D eigenvalue weighted by Gasteiger charge is 2.18. The molecule has 1 heterocycles. The third-order valence-corrected chi connectivity index (χ3v) is 5.87. The number of halogens is 2. The van der Waals surface area contributed by atoms with Gasteiger partial charge in [0.15, 0.2) is 0 Å². The average molecular weight is 424 g/mol. The minimum Gasteiger partial charge on any atom is -0.317 e. The van der Waals surface area contributed by atoms with Gasteiger partial charge >= 0.3 is 0 Å². The molecule has 3 rings (SSSR count). The molecule has 3 aromatic rings. The summed E-state index contributed by atoms with van der Waals surface area (Å²) in [6.07, 6.45) is 0. The first-order valence-electron chi connectivity index (χ1n) is 7.90. The predicted molar refractivity (Wildman–Crippen MR) is 99.4 cm³/mol. The van der Waals surface area contributed by atoms with E-state index in [9.17, 15) is 22.0 Å². The molecule has 2 aromatic carbocycles. The maximum absolute atomic E-state index is 13.6. The smallest absolute Gasteiger partial charge is 0.286 e. The third kappa shape index (κ3) is 4.74. The molecule has 146 valence electrons. The fraction of sp³-hybridized carbons (Fsp3) is 0.118. The summed E-state index contributed by atoms with van der Waals surface area (Å²) in [4.78, 5) is 12.2. The second-order valence-electron chi connectivity index (χ2n) is 5.72. The van der Waals surface area contributed by atoms with Crippen molar-refractivity contribution in [1.29, 1.82) is 0 Å². The van der Waals surface area contributed by atoms with Gasteiger partial charge in [-0.05, 0) is 36.8 Å². The standard InChI is InChI=1S/C17H14F2N4O3S2/c1-10-3-2-4-12(7-10)28(25,26)20-9-15-22-23-17(27-15)16(24)21-14-6-5-11(18)8-13(14)19/h2-8,20H,9H2,1H3,(H,21,24). The van der Waals surface area contributed by atoms with E-state index < -0.39 is 27.6 Å². The molecule has 0 aliphatic heterocycles. The highest BCUT2D eigenvalue weighted by atomic mass is 32.2. The molecular weight excluding hydrogens is 410 g/mol. The molecule has 0 aliphatic rings. The molecule has 0 atom stereocenters. The van der Waals surface area contributed by atoms with Gasteiger partial charge in [0.25, 0.3) is 5.91 Å². The first-order chi connectivity index (χ1) is 13.2. The van der Waals surface area contributed by atoms with Crippen LogP contribution in [0.15, 0.2) is 47.4 Å². The monoisotopic (exact) mass is 424 g/mol. The van der Waals surface area contributed by atoms with E-state index in [1.54, 1.807) is 19.1 Å². The number of rotatable bonds is 6. The fourth-order valence-corrected chi connectivity index (χ4v) is 4.06. The van der Waals surface area contributed by atoms with Crippen LogP contribution in [0.2, 0.25) is 0 Å². The van der Waals surface area contributed by atoms with E-state index in [-0.39, 0.29) is 27.1 Å². The van der Waals surface area contributed by atoms with Crippen LogP contribution in [-0.2, 0) is 16.6 Å². The number of carbonyl (C=O) groups excluding carboxylic acids is 1. The first kappa shape index (κ1) is 20.0. The van der Waals surface area contributed by atoms with E-state index in [1.165, 1.54) is 12.1 Å². The number of hydrogen-bond acceptors (Lipinski definition) is 6. The van der Waals surface area contributed by atoms with Crippen molar-refractivity contribution in [2.75, 3.05) is 5.32 Å². The summed E-state index contributed by atoms with van der Waals surface area (Å²) >= 11 is 0.851. The van der Waals surface area contributed by atoms with Crippen LogP contribution in [0.1, 0.15) is 20.4 Å². The number of carbonyl (C=O) groups is 1. The Kier molecular flexibility index (Phi) is 5.77. The topological polar surface area (TPSA) is 101 Å². The number of amides is 1. The molecule has 0 radical (unpaired) electrons. The quantitative estimate of drug-likeness (QED) is 0.634. The zero-order valence-corrected chi connectivity index (χ0v) is 16.1. The van der Waals surface area contributed by atoms with Crippen molar-refractivity contribution < 1.29 is 22.0 Å². The Hall–Kier alpha value is -2.76. The van der Waals surface area contributed by atoms with Crippen molar-refractivity contribution in [2.24, 2.45) is 0 Å². The van der Waals surface area contributed by atoms with Gasteiger partial charge in [-0.3, -0.25) is 4.79 Å². The molecule has 1 aromatic heterocycles. The summed E-state index contributed by atoms with van der Waals surface area (Å²) in [5.41, 5.74) is 0.592. The van der Waals surface area contributed by atoms with E-state index in [0.717, 1.165) is 29.0 Å². The second-order valence-corrected chi connectivity index (χ2v) is 8.55. The molecular formula is C17H14F2N4O3S2. The molecule has 0 spiro atoms. The molecule has 1 amide bonds. The summed E-state index contributed by atoms with van der Waals surface area (Å²) < 4.78 is 53.5. The van der Waals surface area contributed by atoms with Crippen molar-refractivity contribution >= 4 is 33.0 Å². The second kappa shape index (κ2) is 8.09. The molecule has 0 saturated heterocycles. The van der Waals surface area contributed by atoms with E-state index in [1.807, 2.05) is 0 Å².